The molecule has 0 radical (unpaired) electrons. The number of methoxy groups -OCH3 is 1. The molecule has 1 aliphatic heterocycles. The first kappa shape index (κ1) is 24.1. The maximum atomic E-state index is 11.6. The van der Waals surface area contributed by atoms with Gasteiger partial charge >= 0.3 is 5.97 Å². The van der Waals surface area contributed by atoms with E-state index in [0.717, 1.165) is 54.8 Å². The number of nitrogens with zero attached hydrogens (tertiary/aromatic N) is 1. The average Bonchev–Trinajstić information content (AvgIpc) is 3.40. The van der Waals surface area contributed by atoms with Crippen LogP contribution >= 0.6 is 22.9 Å². The maximum Gasteiger partial charge on any atom is 0.348 e. The Hall–Kier alpha value is -1.60. The van der Waals surface area contributed by atoms with E-state index in [4.69, 9.17) is 21.1 Å². The fraction of sp³-hybridized carbons (Fsp3) is 0.542. The van der Waals surface area contributed by atoms with E-state index in [9.17, 15) is 9.90 Å². The zero-order valence-electron chi connectivity index (χ0n) is 18.3. The molecule has 1 unspecified atom stereocenters. The van der Waals surface area contributed by atoms with Gasteiger partial charge in [-0.2, -0.15) is 0 Å². The predicted octanol–water partition coefficient (Wildman–Crippen LogP) is 5.55. The van der Waals surface area contributed by atoms with Crippen molar-refractivity contribution in [3.63, 3.8) is 0 Å². The molecule has 31 heavy (non-hydrogen) atoms. The summed E-state index contributed by atoms with van der Waals surface area (Å²) in [5.74, 6) is -0.321. The SMILES string of the molecule is CCCCC[C@@H](O)c1ccc(N2CCC(Cl)[C@@H]2COCc2ccc(C(=O)OC)s2)cc1. The number of esters is 1. The van der Waals surface area contributed by atoms with Gasteiger partial charge in [-0.1, -0.05) is 38.3 Å². The van der Waals surface area contributed by atoms with Crippen molar-refractivity contribution in [2.24, 2.45) is 0 Å². The Morgan fingerprint density at radius 3 is 2.74 bits per heavy atom. The summed E-state index contributed by atoms with van der Waals surface area (Å²) in [5.41, 5.74) is 2.07. The molecule has 1 saturated heterocycles. The van der Waals surface area contributed by atoms with Crippen LogP contribution in [0.5, 0.6) is 0 Å². The molecular formula is C24H32ClNO4S. The van der Waals surface area contributed by atoms with Crippen LogP contribution in [0.15, 0.2) is 36.4 Å². The number of aliphatic hydroxyl groups excluding tert-OH is 1. The lowest BCUT2D eigenvalue weighted by molar-refractivity contribution is 0.0606. The number of anilines is 1. The molecule has 1 fully saturated rings. The number of carbonyl (C=O) groups excluding carboxylic acids is 1. The fourth-order valence-electron chi connectivity index (χ4n) is 3.92. The topological polar surface area (TPSA) is 59.0 Å². The molecule has 7 heteroatoms. The van der Waals surface area contributed by atoms with E-state index in [1.807, 2.05) is 18.2 Å². The molecule has 1 aromatic heterocycles. The van der Waals surface area contributed by atoms with Crippen LogP contribution in [-0.2, 0) is 16.1 Å². The van der Waals surface area contributed by atoms with Gasteiger partial charge in [-0.3, -0.25) is 0 Å². The highest BCUT2D eigenvalue weighted by Gasteiger charge is 2.33. The number of carbonyl (C=O) groups is 1. The second-order valence-electron chi connectivity index (χ2n) is 7.94. The lowest BCUT2D eigenvalue weighted by atomic mass is 10.0. The van der Waals surface area contributed by atoms with E-state index in [-0.39, 0.29) is 17.4 Å². The zero-order valence-corrected chi connectivity index (χ0v) is 19.8. The van der Waals surface area contributed by atoms with Gasteiger partial charge < -0.3 is 19.5 Å². The van der Waals surface area contributed by atoms with Gasteiger partial charge in [0.05, 0.1) is 37.8 Å². The monoisotopic (exact) mass is 465 g/mol. The summed E-state index contributed by atoms with van der Waals surface area (Å²) in [6.45, 7) is 4.01. The molecule has 0 saturated carbocycles. The summed E-state index contributed by atoms with van der Waals surface area (Å²) in [7, 11) is 1.38. The molecule has 1 aliphatic rings. The number of thiophene rings is 1. The highest BCUT2D eigenvalue weighted by molar-refractivity contribution is 7.13. The van der Waals surface area contributed by atoms with E-state index >= 15 is 0 Å². The van der Waals surface area contributed by atoms with Crippen LogP contribution in [0.1, 0.15) is 65.2 Å². The molecule has 170 valence electrons. The van der Waals surface area contributed by atoms with Gasteiger partial charge in [-0.05, 0) is 42.7 Å². The molecule has 0 bridgehead atoms. The summed E-state index contributed by atoms with van der Waals surface area (Å²) in [6, 6.07) is 11.9. The summed E-state index contributed by atoms with van der Waals surface area (Å²) in [4.78, 5) is 15.4. The Morgan fingerprint density at radius 1 is 1.26 bits per heavy atom. The molecule has 2 heterocycles. The van der Waals surface area contributed by atoms with Crippen molar-refractivity contribution in [1.82, 2.24) is 0 Å². The van der Waals surface area contributed by atoms with Crippen molar-refractivity contribution in [1.29, 1.82) is 0 Å². The van der Waals surface area contributed by atoms with Crippen molar-refractivity contribution in [3.05, 3.63) is 51.7 Å². The van der Waals surface area contributed by atoms with E-state index in [0.29, 0.717) is 18.1 Å². The van der Waals surface area contributed by atoms with E-state index < -0.39 is 6.10 Å². The van der Waals surface area contributed by atoms with Crippen LogP contribution in [0.4, 0.5) is 5.69 Å². The number of unbranched alkanes of at least 4 members (excludes halogenated alkanes) is 2. The number of alkyl halides is 1. The van der Waals surface area contributed by atoms with Crippen LogP contribution in [0.3, 0.4) is 0 Å². The third kappa shape index (κ3) is 6.45. The van der Waals surface area contributed by atoms with Crippen molar-refractivity contribution in [2.75, 3.05) is 25.2 Å². The summed E-state index contributed by atoms with van der Waals surface area (Å²) < 4.78 is 10.7. The van der Waals surface area contributed by atoms with Gasteiger partial charge in [-0.15, -0.1) is 22.9 Å². The van der Waals surface area contributed by atoms with Crippen LogP contribution in [0.2, 0.25) is 0 Å². The Labute approximate surface area is 193 Å². The van der Waals surface area contributed by atoms with Gasteiger partial charge in [0.25, 0.3) is 0 Å². The number of aliphatic hydroxyl groups is 1. The molecule has 5 nitrogen and oxygen atoms in total. The zero-order chi connectivity index (χ0) is 22.2. The number of ether oxygens (including phenoxy) is 2. The molecule has 3 rings (SSSR count). The van der Waals surface area contributed by atoms with Crippen LogP contribution in [0, 0.1) is 0 Å². The lowest BCUT2D eigenvalue weighted by Crippen LogP contribution is -2.37. The highest BCUT2D eigenvalue weighted by atomic mass is 35.5. The Balaban J connectivity index is 1.55. The molecule has 0 aliphatic carbocycles. The normalized spacial score (nSPS) is 19.5. The smallest absolute Gasteiger partial charge is 0.348 e. The molecule has 2 aromatic rings. The quantitative estimate of drug-likeness (QED) is 0.268. The van der Waals surface area contributed by atoms with E-state index in [1.165, 1.54) is 18.4 Å². The number of hydrogen-bond acceptors (Lipinski definition) is 6. The van der Waals surface area contributed by atoms with Crippen LogP contribution in [0.25, 0.3) is 0 Å². The fourth-order valence-corrected chi connectivity index (χ4v) is 5.09. The lowest BCUT2D eigenvalue weighted by Gasteiger charge is -2.28. The number of rotatable bonds is 11. The highest BCUT2D eigenvalue weighted by Crippen LogP contribution is 2.31. The minimum absolute atomic E-state index is 0.0216. The third-order valence-corrected chi connectivity index (χ3v) is 7.28. The summed E-state index contributed by atoms with van der Waals surface area (Å²) in [6.07, 6.45) is 4.66. The first-order valence-corrected chi connectivity index (χ1v) is 12.2. The van der Waals surface area contributed by atoms with Crippen molar-refractivity contribution < 1.29 is 19.4 Å². The summed E-state index contributed by atoms with van der Waals surface area (Å²) >= 11 is 7.99. The molecule has 1 N–H and O–H groups in total. The molecule has 0 amide bonds. The Kier molecular flexibility index (Phi) is 9.20. The maximum absolute atomic E-state index is 11.6. The molecule has 0 spiro atoms. The van der Waals surface area contributed by atoms with Gasteiger partial charge in [0.15, 0.2) is 0 Å². The van der Waals surface area contributed by atoms with Crippen molar-refractivity contribution in [2.45, 2.75) is 63.2 Å². The molecular weight excluding hydrogens is 434 g/mol. The van der Waals surface area contributed by atoms with Crippen LogP contribution in [-0.4, -0.2) is 42.8 Å². The average molecular weight is 466 g/mol. The summed E-state index contributed by atoms with van der Waals surface area (Å²) in [5, 5.41) is 10.4. The number of hydrogen-bond donors (Lipinski definition) is 1. The van der Waals surface area contributed by atoms with E-state index in [2.05, 4.69) is 24.0 Å². The first-order valence-electron chi connectivity index (χ1n) is 11.0. The minimum atomic E-state index is -0.403. The van der Waals surface area contributed by atoms with Crippen molar-refractivity contribution >= 4 is 34.6 Å². The van der Waals surface area contributed by atoms with Crippen LogP contribution < -0.4 is 4.90 Å². The molecule has 3 atom stereocenters. The second-order valence-corrected chi connectivity index (χ2v) is 9.67. The second kappa shape index (κ2) is 11.9. The minimum Gasteiger partial charge on any atom is -0.465 e. The van der Waals surface area contributed by atoms with Crippen molar-refractivity contribution in [3.8, 4) is 0 Å². The molecule has 1 aromatic carbocycles. The number of halogens is 1. The van der Waals surface area contributed by atoms with E-state index in [1.54, 1.807) is 6.07 Å². The Morgan fingerprint density at radius 2 is 2.03 bits per heavy atom. The standard InChI is InChI=1S/C24H32ClNO4S/c1-3-4-5-6-22(27)17-7-9-18(10-8-17)26-14-13-20(25)21(26)16-30-15-19-11-12-23(31-19)24(28)29-2/h7-12,20-22,27H,3-6,13-16H2,1-2H3/t20?,21-,22+/m0/s1. The van der Waals surface area contributed by atoms with Gasteiger partial charge in [0.1, 0.15) is 4.88 Å². The predicted molar refractivity (Wildman–Crippen MR) is 126 cm³/mol. The first-order chi connectivity index (χ1) is 15.0. The largest absolute Gasteiger partial charge is 0.465 e. The van der Waals surface area contributed by atoms with Gasteiger partial charge in [0.2, 0.25) is 0 Å². The van der Waals surface area contributed by atoms with Gasteiger partial charge in [0, 0.05) is 17.1 Å². The Bertz CT molecular complexity index is 825. The number of benzene rings is 1. The third-order valence-electron chi connectivity index (χ3n) is 5.74. The van der Waals surface area contributed by atoms with Gasteiger partial charge in [-0.25, -0.2) is 4.79 Å².